The molecule has 1 atom stereocenters. The van der Waals surface area contributed by atoms with E-state index in [4.69, 9.17) is 4.74 Å². The minimum Gasteiger partial charge on any atom is -0.449 e. The zero-order valence-corrected chi connectivity index (χ0v) is 11.0. The SMILES string of the molecule is CN(C)c1ccccc1C1OC(=O)c2ccccc21. The van der Waals surface area contributed by atoms with Gasteiger partial charge in [-0.25, -0.2) is 4.79 Å². The standard InChI is InChI=1S/C16H15NO2/c1-17(2)14-10-6-5-9-13(14)15-11-7-3-4-8-12(11)16(18)19-15/h3-10,15H,1-2H3. The second kappa shape index (κ2) is 4.43. The first-order valence-electron chi connectivity index (χ1n) is 6.24. The number of anilines is 1. The number of cyclic esters (lactones) is 1. The van der Waals surface area contributed by atoms with Gasteiger partial charge >= 0.3 is 5.97 Å². The second-order valence-electron chi connectivity index (χ2n) is 4.83. The minimum absolute atomic E-state index is 0.242. The Hall–Kier alpha value is -2.29. The average molecular weight is 253 g/mol. The molecule has 1 unspecified atom stereocenters. The van der Waals surface area contributed by atoms with Gasteiger partial charge in [-0.3, -0.25) is 0 Å². The summed E-state index contributed by atoms with van der Waals surface area (Å²) in [5, 5.41) is 0. The first kappa shape index (κ1) is 11.8. The van der Waals surface area contributed by atoms with Crippen molar-refractivity contribution in [2.24, 2.45) is 0 Å². The molecule has 1 heterocycles. The highest BCUT2D eigenvalue weighted by molar-refractivity contribution is 5.94. The highest BCUT2D eigenvalue weighted by Crippen LogP contribution is 2.39. The molecule has 0 bridgehead atoms. The summed E-state index contributed by atoms with van der Waals surface area (Å²) in [6.45, 7) is 0. The maximum atomic E-state index is 11.9. The lowest BCUT2D eigenvalue weighted by Crippen LogP contribution is -2.13. The molecule has 96 valence electrons. The van der Waals surface area contributed by atoms with Crippen LogP contribution < -0.4 is 4.90 Å². The van der Waals surface area contributed by atoms with Crippen LogP contribution >= 0.6 is 0 Å². The van der Waals surface area contributed by atoms with Crippen LogP contribution in [0.15, 0.2) is 48.5 Å². The number of rotatable bonds is 2. The molecular weight excluding hydrogens is 238 g/mol. The Balaban J connectivity index is 2.13. The van der Waals surface area contributed by atoms with Crippen molar-refractivity contribution in [3.63, 3.8) is 0 Å². The molecule has 0 radical (unpaired) electrons. The van der Waals surface area contributed by atoms with Crippen molar-refractivity contribution >= 4 is 11.7 Å². The van der Waals surface area contributed by atoms with Crippen LogP contribution in [0.3, 0.4) is 0 Å². The largest absolute Gasteiger partial charge is 0.449 e. The fourth-order valence-corrected chi connectivity index (χ4v) is 2.49. The van der Waals surface area contributed by atoms with E-state index in [0.717, 1.165) is 16.8 Å². The van der Waals surface area contributed by atoms with Crippen molar-refractivity contribution in [2.75, 3.05) is 19.0 Å². The maximum Gasteiger partial charge on any atom is 0.339 e. The lowest BCUT2D eigenvalue weighted by Gasteiger charge is -2.21. The van der Waals surface area contributed by atoms with Crippen molar-refractivity contribution in [3.05, 3.63) is 65.2 Å². The van der Waals surface area contributed by atoms with Crippen LogP contribution in [0.5, 0.6) is 0 Å². The number of para-hydroxylation sites is 1. The predicted molar refractivity (Wildman–Crippen MR) is 74.5 cm³/mol. The number of carbonyl (C=O) groups is 1. The Morgan fingerprint density at radius 2 is 1.58 bits per heavy atom. The lowest BCUT2D eigenvalue weighted by molar-refractivity contribution is 0.0456. The number of ether oxygens (including phenoxy) is 1. The summed E-state index contributed by atoms with van der Waals surface area (Å²) >= 11 is 0. The van der Waals surface area contributed by atoms with E-state index in [1.54, 1.807) is 0 Å². The van der Waals surface area contributed by atoms with Crippen molar-refractivity contribution in [3.8, 4) is 0 Å². The van der Waals surface area contributed by atoms with Gasteiger partial charge in [0.1, 0.15) is 0 Å². The number of hydrogen-bond donors (Lipinski definition) is 0. The Bertz CT molecular complexity index is 634. The van der Waals surface area contributed by atoms with Crippen LogP contribution in [0, 0.1) is 0 Å². The van der Waals surface area contributed by atoms with Crippen molar-refractivity contribution in [1.29, 1.82) is 0 Å². The van der Waals surface area contributed by atoms with Gasteiger partial charge in [-0.2, -0.15) is 0 Å². The van der Waals surface area contributed by atoms with Gasteiger partial charge in [0.15, 0.2) is 6.10 Å². The van der Waals surface area contributed by atoms with Crippen LogP contribution in [-0.2, 0) is 4.74 Å². The summed E-state index contributed by atoms with van der Waals surface area (Å²) in [6.07, 6.45) is -0.303. The van der Waals surface area contributed by atoms with Crippen molar-refractivity contribution in [2.45, 2.75) is 6.10 Å². The molecule has 0 aliphatic carbocycles. The molecule has 0 amide bonds. The van der Waals surface area contributed by atoms with E-state index in [2.05, 4.69) is 0 Å². The number of esters is 1. The Kier molecular flexibility index (Phi) is 2.75. The predicted octanol–water partition coefficient (Wildman–Crippen LogP) is 3.01. The zero-order chi connectivity index (χ0) is 13.4. The number of hydrogen-bond acceptors (Lipinski definition) is 3. The first-order chi connectivity index (χ1) is 9.18. The number of benzene rings is 2. The van der Waals surface area contributed by atoms with E-state index in [-0.39, 0.29) is 12.1 Å². The van der Waals surface area contributed by atoms with Crippen LogP contribution in [-0.4, -0.2) is 20.1 Å². The minimum atomic E-state index is -0.303. The molecule has 0 saturated heterocycles. The van der Waals surface area contributed by atoms with Gasteiger partial charge in [0, 0.05) is 30.9 Å². The molecule has 3 rings (SSSR count). The van der Waals surface area contributed by atoms with Gasteiger partial charge in [-0.05, 0) is 12.1 Å². The number of nitrogens with zero attached hydrogens (tertiary/aromatic N) is 1. The fraction of sp³-hybridized carbons (Fsp3) is 0.188. The molecule has 0 saturated carbocycles. The van der Waals surface area contributed by atoms with Gasteiger partial charge in [-0.1, -0.05) is 36.4 Å². The Morgan fingerprint density at radius 3 is 2.32 bits per heavy atom. The van der Waals surface area contributed by atoms with Gasteiger partial charge in [0.05, 0.1) is 5.56 Å². The normalized spacial score (nSPS) is 16.9. The third-order valence-corrected chi connectivity index (χ3v) is 3.39. The van der Waals surface area contributed by atoms with Gasteiger partial charge in [-0.15, -0.1) is 0 Å². The summed E-state index contributed by atoms with van der Waals surface area (Å²) in [6, 6.07) is 15.6. The average Bonchev–Trinajstić information content (AvgIpc) is 2.77. The maximum absolute atomic E-state index is 11.9. The molecule has 19 heavy (non-hydrogen) atoms. The molecule has 1 aliphatic heterocycles. The Labute approximate surface area is 112 Å². The lowest BCUT2D eigenvalue weighted by atomic mass is 9.98. The van der Waals surface area contributed by atoms with E-state index in [1.165, 1.54) is 0 Å². The third-order valence-electron chi connectivity index (χ3n) is 3.39. The molecule has 2 aromatic rings. The molecule has 1 aliphatic rings. The molecule has 3 heteroatoms. The molecular formula is C16H15NO2. The van der Waals surface area contributed by atoms with Crippen LogP contribution in [0.25, 0.3) is 0 Å². The van der Waals surface area contributed by atoms with E-state index >= 15 is 0 Å². The van der Waals surface area contributed by atoms with Crippen molar-refractivity contribution < 1.29 is 9.53 Å². The Morgan fingerprint density at radius 1 is 0.947 bits per heavy atom. The zero-order valence-electron chi connectivity index (χ0n) is 11.0. The third kappa shape index (κ3) is 1.87. The van der Waals surface area contributed by atoms with E-state index in [9.17, 15) is 4.79 Å². The molecule has 0 aromatic heterocycles. The molecule has 0 spiro atoms. The van der Waals surface area contributed by atoms with E-state index < -0.39 is 0 Å². The van der Waals surface area contributed by atoms with Gasteiger partial charge in [0.2, 0.25) is 0 Å². The van der Waals surface area contributed by atoms with E-state index in [0.29, 0.717) is 5.56 Å². The summed E-state index contributed by atoms with van der Waals surface area (Å²) in [5.41, 5.74) is 3.70. The molecule has 2 aromatic carbocycles. The highest BCUT2D eigenvalue weighted by Gasteiger charge is 2.33. The summed E-state index contributed by atoms with van der Waals surface area (Å²) in [5.74, 6) is -0.242. The topological polar surface area (TPSA) is 29.5 Å². The summed E-state index contributed by atoms with van der Waals surface area (Å²) in [7, 11) is 3.98. The first-order valence-corrected chi connectivity index (χ1v) is 6.24. The molecule has 3 nitrogen and oxygen atoms in total. The molecule has 0 N–H and O–H groups in total. The second-order valence-corrected chi connectivity index (χ2v) is 4.83. The number of carbonyl (C=O) groups excluding carboxylic acids is 1. The van der Waals surface area contributed by atoms with Crippen LogP contribution in [0.1, 0.15) is 27.6 Å². The smallest absolute Gasteiger partial charge is 0.339 e. The van der Waals surface area contributed by atoms with Gasteiger partial charge in [0.25, 0.3) is 0 Å². The molecule has 0 fully saturated rings. The van der Waals surface area contributed by atoms with Crippen molar-refractivity contribution in [1.82, 2.24) is 0 Å². The summed E-state index contributed by atoms with van der Waals surface area (Å²) < 4.78 is 5.54. The summed E-state index contributed by atoms with van der Waals surface area (Å²) in [4.78, 5) is 13.9. The highest BCUT2D eigenvalue weighted by atomic mass is 16.5. The fourth-order valence-electron chi connectivity index (χ4n) is 2.49. The van der Waals surface area contributed by atoms with Crippen LogP contribution in [0.4, 0.5) is 5.69 Å². The quantitative estimate of drug-likeness (QED) is 0.770. The van der Waals surface area contributed by atoms with Crippen LogP contribution in [0.2, 0.25) is 0 Å². The van der Waals surface area contributed by atoms with Gasteiger partial charge < -0.3 is 9.64 Å². The monoisotopic (exact) mass is 253 g/mol. The van der Waals surface area contributed by atoms with E-state index in [1.807, 2.05) is 67.5 Å². The number of fused-ring (bicyclic) bond motifs is 1.